The number of hydrogen-bond donors (Lipinski definition) is 1. The SMILES string of the molecule is CCOc1cc(C)c(CCNC(C)=O)cc1C. The molecule has 1 aromatic carbocycles. The van der Waals surface area contributed by atoms with Crippen molar-refractivity contribution < 1.29 is 9.53 Å². The number of carbonyl (C=O) groups excluding carboxylic acids is 1. The molecule has 0 aliphatic heterocycles. The lowest BCUT2D eigenvalue weighted by atomic mass is 10.0. The molecule has 0 radical (unpaired) electrons. The maximum Gasteiger partial charge on any atom is 0.216 e. The van der Waals surface area contributed by atoms with Gasteiger partial charge in [0.2, 0.25) is 5.91 Å². The Labute approximate surface area is 103 Å². The molecule has 0 saturated heterocycles. The molecular formula is C14H21NO2. The molecule has 1 N–H and O–H groups in total. The van der Waals surface area contributed by atoms with Crippen LogP contribution in [-0.4, -0.2) is 19.1 Å². The molecule has 0 fully saturated rings. The summed E-state index contributed by atoms with van der Waals surface area (Å²) in [5.41, 5.74) is 3.62. The van der Waals surface area contributed by atoms with Crippen LogP contribution >= 0.6 is 0 Å². The Morgan fingerprint density at radius 3 is 2.59 bits per heavy atom. The number of benzene rings is 1. The molecule has 1 amide bonds. The van der Waals surface area contributed by atoms with Gasteiger partial charge in [-0.15, -0.1) is 0 Å². The third-order valence-corrected chi connectivity index (χ3v) is 2.70. The highest BCUT2D eigenvalue weighted by molar-refractivity contribution is 5.72. The molecule has 0 heterocycles. The lowest BCUT2D eigenvalue weighted by molar-refractivity contribution is -0.118. The molecule has 17 heavy (non-hydrogen) atoms. The number of amides is 1. The summed E-state index contributed by atoms with van der Waals surface area (Å²) in [6, 6.07) is 4.21. The van der Waals surface area contributed by atoms with Crippen molar-refractivity contribution in [1.29, 1.82) is 0 Å². The fourth-order valence-corrected chi connectivity index (χ4v) is 1.80. The second-order valence-corrected chi connectivity index (χ2v) is 4.21. The molecule has 3 heteroatoms. The van der Waals surface area contributed by atoms with Gasteiger partial charge >= 0.3 is 0 Å². The first kappa shape index (κ1) is 13.6. The Kier molecular flexibility index (Phi) is 5.01. The van der Waals surface area contributed by atoms with Crippen molar-refractivity contribution in [3.63, 3.8) is 0 Å². The second kappa shape index (κ2) is 6.28. The van der Waals surface area contributed by atoms with Gasteiger partial charge in [-0.3, -0.25) is 4.79 Å². The average molecular weight is 235 g/mol. The summed E-state index contributed by atoms with van der Waals surface area (Å²) < 4.78 is 5.55. The number of aryl methyl sites for hydroxylation is 2. The molecule has 1 aromatic rings. The number of carbonyl (C=O) groups is 1. The highest BCUT2D eigenvalue weighted by Crippen LogP contribution is 2.23. The van der Waals surface area contributed by atoms with Crippen molar-refractivity contribution in [1.82, 2.24) is 5.32 Å². The van der Waals surface area contributed by atoms with Crippen LogP contribution in [0.4, 0.5) is 0 Å². The minimum Gasteiger partial charge on any atom is -0.494 e. The minimum atomic E-state index is 0.0188. The van der Waals surface area contributed by atoms with E-state index >= 15 is 0 Å². The molecule has 0 aromatic heterocycles. The normalized spacial score (nSPS) is 10.1. The molecular weight excluding hydrogens is 214 g/mol. The zero-order valence-corrected chi connectivity index (χ0v) is 11.1. The fourth-order valence-electron chi connectivity index (χ4n) is 1.80. The first-order valence-corrected chi connectivity index (χ1v) is 6.02. The predicted octanol–water partition coefficient (Wildman–Crippen LogP) is 2.38. The molecule has 0 spiro atoms. The van der Waals surface area contributed by atoms with E-state index in [1.54, 1.807) is 0 Å². The van der Waals surface area contributed by atoms with Crippen LogP contribution in [0.2, 0.25) is 0 Å². The van der Waals surface area contributed by atoms with E-state index in [1.165, 1.54) is 18.1 Å². The Morgan fingerprint density at radius 2 is 2.00 bits per heavy atom. The molecule has 0 unspecified atom stereocenters. The van der Waals surface area contributed by atoms with Gasteiger partial charge in [-0.1, -0.05) is 6.07 Å². The van der Waals surface area contributed by atoms with E-state index in [4.69, 9.17) is 4.74 Å². The maximum absolute atomic E-state index is 10.8. The van der Waals surface area contributed by atoms with Crippen LogP contribution in [0, 0.1) is 13.8 Å². The standard InChI is InChI=1S/C14H21NO2/c1-5-17-14-9-10(2)13(8-11(14)3)6-7-15-12(4)16/h8-9H,5-7H2,1-4H3,(H,15,16). The Morgan fingerprint density at radius 1 is 1.29 bits per heavy atom. The van der Waals surface area contributed by atoms with Crippen molar-refractivity contribution >= 4 is 5.91 Å². The largest absolute Gasteiger partial charge is 0.494 e. The van der Waals surface area contributed by atoms with Gasteiger partial charge in [0, 0.05) is 13.5 Å². The summed E-state index contributed by atoms with van der Waals surface area (Å²) in [4.78, 5) is 10.8. The predicted molar refractivity (Wildman–Crippen MR) is 69.5 cm³/mol. The van der Waals surface area contributed by atoms with Crippen LogP contribution in [0.15, 0.2) is 12.1 Å². The lowest BCUT2D eigenvalue weighted by Crippen LogP contribution is -2.22. The van der Waals surface area contributed by atoms with Crippen LogP contribution in [0.25, 0.3) is 0 Å². The zero-order valence-electron chi connectivity index (χ0n) is 11.1. The Balaban J connectivity index is 2.73. The van der Waals surface area contributed by atoms with Crippen molar-refractivity contribution in [3.8, 4) is 5.75 Å². The van der Waals surface area contributed by atoms with Gasteiger partial charge in [-0.2, -0.15) is 0 Å². The fraction of sp³-hybridized carbons (Fsp3) is 0.500. The summed E-state index contributed by atoms with van der Waals surface area (Å²) in [7, 11) is 0. The summed E-state index contributed by atoms with van der Waals surface area (Å²) in [6.07, 6.45) is 0.860. The van der Waals surface area contributed by atoms with E-state index in [-0.39, 0.29) is 5.91 Å². The van der Waals surface area contributed by atoms with E-state index in [9.17, 15) is 4.79 Å². The van der Waals surface area contributed by atoms with E-state index < -0.39 is 0 Å². The molecule has 0 atom stereocenters. The van der Waals surface area contributed by atoms with Gasteiger partial charge in [0.1, 0.15) is 5.75 Å². The van der Waals surface area contributed by atoms with Crippen molar-refractivity contribution in [2.45, 2.75) is 34.1 Å². The van der Waals surface area contributed by atoms with Crippen molar-refractivity contribution in [2.24, 2.45) is 0 Å². The molecule has 1 rings (SSSR count). The second-order valence-electron chi connectivity index (χ2n) is 4.21. The smallest absolute Gasteiger partial charge is 0.216 e. The zero-order chi connectivity index (χ0) is 12.8. The highest BCUT2D eigenvalue weighted by atomic mass is 16.5. The summed E-state index contributed by atoms with van der Waals surface area (Å²) in [6.45, 7) is 9.02. The van der Waals surface area contributed by atoms with Crippen molar-refractivity contribution in [3.05, 3.63) is 28.8 Å². The molecule has 0 saturated carbocycles. The van der Waals surface area contributed by atoms with Crippen LogP contribution in [0.1, 0.15) is 30.5 Å². The van der Waals surface area contributed by atoms with Gasteiger partial charge in [0.25, 0.3) is 0 Å². The number of hydrogen-bond acceptors (Lipinski definition) is 2. The summed E-state index contributed by atoms with van der Waals surface area (Å²) >= 11 is 0. The lowest BCUT2D eigenvalue weighted by Gasteiger charge is -2.12. The quantitative estimate of drug-likeness (QED) is 0.851. The maximum atomic E-state index is 10.8. The molecule has 0 bridgehead atoms. The van der Waals surface area contributed by atoms with E-state index in [1.807, 2.05) is 13.8 Å². The topological polar surface area (TPSA) is 38.3 Å². The van der Waals surface area contributed by atoms with Gasteiger partial charge in [0.15, 0.2) is 0 Å². The van der Waals surface area contributed by atoms with Gasteiger partial charge in [-0.25, -0.2) is 0 Å². The Bertz CT molecular complexity index is 399. The minimum absolute atomic E-state index is 0.0188. The summed E-state index contributed by atoms with van der Waals surface area (Å²) in [5, 5.41) is 2.81. The third-order valence-electron chi connectivity index (χ3n) is 2.70. The number of rotatable bonds is 5. The molecule has 0 aliphatic rings. The Hall–Kier alpha value is -1.51. The highest BCUT2D eigenvalue weighted by Gasteiger charge is 2.05. The first-order chi connectivity index (χ1) is 8.04. The van der Waals surface area contributed by atoms with Crippen LogP contribution in [-0.2, 0) is 11.2 Å². The monoisotopic (exact) mass is 235 g/mol. The van der Waals surface area contributed by atoms with E-state index in [2.05, 4.69) is 24.4 Å². The van der Waals surface area contributed by atoms with Gasteiger partial charge in [0.05, 0.1) is 6.61 Å². The van der Waals surface area contributed by atoms with Gasteiger partial charge in [-0.05, 0) is 49.9 Å². The van der Waals surface area contributed by atoms with Gasteiger partial charge < -0.3 is 10.1 Å². The van der Waals surface area contributed by atoms with Crippen LogP contribution < -0.4 is 10.1 Å². The number of nitrogens with one attached hydrogen (secondary N) is 1. The molecule has 3 nitrogen and oxygen atoms in total. The first-order valence-electron chi connectivity index (χ1n) is 6.02. The third kappa shape index (κ3) is 4.10. The summed E-state index contributed by atoms with van der Waals surface area (Å²) in [5.74, 6) is 0.971. The van der Waals surface area contributed by atoms with Crippen LogP contribution in [0.3, 0.4) is 0 Å². The average Bonchev–Trinajstić information content (AvgIpc) is 2.24. The van der Waals surface area contributed by atoms with Crippen LogP contribution in [0.5, 0.6) is 5.75 Å². The van der Waals surface area contributed by atoms with E-state index in [0.29, 0.717) is 13.2 Å². The van der Waals surface area contributed by atoms with E-state index in [0.717, 1.165) is 17.7 Å². The number of ether oxygens (including phenoxy) is 1. The van der Waals surface area contributed by atoms with Crippen molar-refractivity contribution in [2.75, 3.05) is 13.2 Å². The molecule has 94 valence electrons. The molecule has 0 aliphatic carbocycles.